The summed E-state index contributed by atoms with van der Waals surface area (Å²) in [5.74, 6) is 2.00. The fraction of sp³-hybridized carbons (Fsp3) is 0.625. The lowest BCUT2D eigenvalue weighted by atomic mass is 10.2. The van der Waals surface area contributed by atoms with Gasteiger partial charge in [-0.05, 0) is 38.2 Å². The summed E-state index contributed by atoms with van der Waals surface area (Å²) in [5, 5.41) is 8.34. The molecular weight excluding hydrogens is 294 g/mol. The number of carbonyl (C=O) groups excluding carboxylic acids is 1. The molecule has 0 N–H and O–H groups in total. The van der Waals surface area contributed by atoms with E-state index in [0.717, 1.165) is 43.7 Å². The van der Waals surface area contributed by atoms with Gasteiger partial charge in [-0.1, -0.05) is 5.16 Å². The van der Waals surface area contributed by atoms with Gasteiger partial charge < -0.3 is 9.42 Å². The van der Waals surface area contributed by atoms with Crippen LogP contribution >= 0.6 is 0 Å². The van der Waals surface area contributed by atoms with E-state index in [1.807, 2.05) is 28.9 Å². The molecule has 1 aliphatic heterocycles. The lowest BCUT2D eigenvalue weighted by Crippen LogP contribution is -2.31. The fourth-order valence-electron chi connectivity index (χ4n) is 3.16. The number of rotatable bonds is 5. The van der Waals surface area contributed by atoms with Gasteiger partial charge in [-0.25, -0.2) is 0 Å². The van der Waals surface area contributed by atoms with E-state index in [1.54, 1.807) is 0 Å². The summed E-state index contributed by atoms with van der Waals surface area (Å²) in [6.45, 7) is 3.37. The molecule has 0 bridgehead atoms. The molecule has 1 aliphatic carbocycles. The maximum Gasteiger partial charge on any atom is 0.229 e. The number of carbonyl (C=O) groups is 1. The van der Waals surface area contributed by atoms with Crippen molar-refractivity contribution in [1.82, 2.24) is 24.8 Å². The van der Waals surface area contributed by atoms with Crippen LogP contribution < -0.4 is 0 Å². The van der Waals surface area contributed by atoms with E-state index in [2.05, 4.69) is 15.2 Å². The van der Waals surface area contributed by atoms with Crippen LogP contribution in [-0.4, -0.2) is 37.3 Å². The number of aryl methyl sites for hydroxylation is 2. The summed E-state index contributed by atoms with van der Waals surface area (Å²) < 4.78 is 7.17. The van der Waals surface area contributed by atoms with Crippen LogP contribution in [0.3, 0.4) is 0 Å². The predicted octanol–water partition coefficient (Wildman–Crippen LogP) is 2.21. The van der Waals surface area contributed by atoms with Crippen molar-refractivity contribution < 1.29 is 9.32 Å². The highest BCUT2D eigenvalue weighted by atomic mass is 16.5. The fourth-order valence-corrected chi connectivity index (χ4v) is 3.16. The van der Waals surface area contributed by atoms with Crippen molar-refractivity contribution in [2.45, 2.75) is 57.5 Å². The minimum Gasteiger partial charge on any atom is -0.339 e. The van der Waals surface area contributed by atoms with Crippen LogP contribution in [0, 0.1) is 6.92 Å². The second-order valence-corrected chi connectivity index (χ2v) is 6.54. The van der Waals surface area contributed by atoms with Crippen molar-refractivity contribution in [2.75, 3.05) is 6.54 Å². The minimum atomic E-state index is -0.0295. The van der Waals surface area contributed by atoms with E-state index in [4.69, 9.17) is 4.52 Å². The first kappa shape index (κ1) is 14.4. The average Bonchev–Trinajstić information content (AvgIpc) is 2.96. The molecular formula is C16H21N5O2. The molecule has 0 spiro atoms. The van der Waals surface area contributed by atoms with Gasteiger partial charge in [0.2, 0.25) is 11.8 Å². The van der Waals surface area contributed by atoms with Crippen molar-refractivity contribution >= 4 is 5.91 Å². The van der Waals surface area contributed by atoms with Gasteiger partial charge >= 0.3 is 0 Å². The molecule has 122 valence electrons. The topological polar surface area (TPSA) is 77.0 Å². The Morgan fingerprint density at radius 3 is 3.00 bits per heavy atom. The summed E-state index contributed by atoms with van der Waals surface area (Å²) >= 11 is 0. The third kappa shape index (κ3) is 3.00. The second-order valence-electron chi connectivity index (χ2n) is 6.54. The Morgan fingerprint density at radius 2 is 2.26 bits per heavy atom. The Morgan fingerprint density at radius 1 is 1.39 bits per heavy atom. The summed E-state index contributed by atoms with van der Waals surface area (Å²) in [4.78, 5) is 19.0. The molecule has 7 heteroatoms. The van der Waals surface area contributed by atoms with Crippen LogP contribution in [0.5, 0.6) is 0 Å². The molecule has 7 nitrogen and oxygen atoms in total. The number of hydrogen-bond donors (Lipinski definition) is 0. The molecule has 2 aliphatic rings. The van der Waals surface area contributed by atoms with Crippen LogP contribution in [0.1, 0.15) is 61.3 Å². The zero-order valence-corrected chi connectivity index (χ0v) is 13.3. The van der Waals surface area contributed by atoms with Gasteiger partial charge in [0.25, 0.3) is 0 Å². The molecule has 1 amide bonds. The molecule has 1 saturated carbocycles. The highest BCUT2D eigenvalue weighted by molar-refractivity contribution is 5.76. The lowest BCUT2D eigenvalue weighted by Gasteiger charge is -2.22. The van der Waals surface area contributed by atoms with Crippen LogP contribution in [0.25, 0.3) is 0 Å². The first-order valence-electron chi connectivity index (χ1n) is 8.33. The third-order valence-corrected chi connectivity index (χ3v) is 4.57. The normalized spacial score (nSPS) is 21.1. The number of nitrogens with zero attached hydrogens (tertiary/aromatic N) is 5. The second kappa shape index (κ2) is 5.79. The number of aromatic nitrogens is 4. The molecule has 2 fully saturated rings. The van der Waals surface area contributed by atoms with Gasteiger partial charge in [-0.2, -0.15) is 10.1 Å². The quantitative estimate of drug-likeness (QED) is 0.845. The predicted molar refractivity (Wildman–Crippen MR) is 81.5 cm³/mol. The maximum atomic E-state index is 12.6. The molecule has 0 unspecified atom stereocenters. The molecule has 23 heavy (non-hydrogen) atoms. The summed E-state index contributed by atoms with van der Waals surface area (Å²) in [6, 6.07) is -0.0295. The van der Waals surface area contributed by atoms with Gasteiger partial charge in [0.15, 0.2) is 5.82 Å². The summed E-state index contributed by atoms with van der Waals surface area (Å²) in [5.41, 5.74) is 1.11. The SMILES string of the molecule is Cc1cnn(CCC(=O)N2CCC[C@H]2c2noc(C3CC3)n2)c1. The number of amides is 1. The molecule has 0 aromatic carbocycles. The molecule has 1 saturated heterocycles. The lowest BCUT2D eigenvalue weighted by molar-refractivity contribution is -0.132. The van der Waals surface area contributed by atoms with Crippen molar-refractivity contribution in [3.05, 3.63) is 29.7 Å². The monoisotopic (exact) mass is 315 g/mol. The van der Waals surface area contributed by atoms with E-state index in [1.165, 1.54) is 0 Å². The number of hydrogen-bond acceptors (Lipinski definition) is 5. The molecule has 3 heterocycles. The van der Waals surface area contributed by atoms with Crippen molar-refractivity contribution in [3.63, 3.8) is 0 Å². The first-order chi connectivity index (χ1) is 11.2. The molecule has 2 aromatic heterocycles. The minimum absolute atomic E-state index is 0.0295. The van der Waals surface area contributed by atoms with Gasteiger partial charge in [0.05, 0.1) is 12.2 Å². The average molecular weight is 315 g/mol. The van der Waals surface area contributed by atoms with Crippen LogP contribution in [0.15, 0.2) is 16.9 Å². The Hall–Kier alpha value is -2.18. The van der Waals surface area contributed by atoms with Gasteiger partial charge in [-0.3, -0.25) is 9.48 Å². The molecule has 1 atom stereocenters. The van der Waals surface area contributed by atoms with Crippen molar-refractivity contribution in [2.24, 2.45) is 0 Å². The van der Waals surface area contributed by atoms with Gasteiger partial charge in [0.1, 0.15) is 0 Å². The Balaban J connectivity index is 1.40. The van der Waals surface area contributed by atoms with Crippen molar-refractivity contribution in [3.8, 4) is 0 Å². The van der Waals surface area contributed by atoms with E-state index in [-0.39, 0.29) is 11.9 Å². The van der Waals surface area contributed by atoms with Crippen LogP contribution in [0.2, 0.25) is 0 Å². The highest BCUT2D eigenvalue weighted by Crippen LogP contribution is 2.40. The Labute approximate surface area is 134 Å². The summed E-state index contributed by atoms with van der Waals surface area (Å²) in [6.07, 6.45) is 8.39. The van der Waals surface area contributed by atoms with Crippen molar-refractivity contribution in [1.29, 1.82) is 0 Å². The maximum absolute atomic E-state index is 12.6. The largest absolute Gasteiger partial charge is 0.339 e. The summed E-state index contributed by atoms with van der Waals surface area (Å²) in [7, 11) is 0. The van der Waals surface area contributed by atoms with E-state index < -0.39 is 0 Å². The van der Waals surface area contributed by atoms with E-state index >= 15 is 0 Å². The third-order valence-electron chi connectivity index (χ3n) is 4.57. The Kier molecular flexibility index (Phi) is 3.63. The Bertz CT molecular complexity index is 703. The highest BCUT2D eigenvalue weighted by Gasteiger charge is 2.35. The first-order valence-corrected chi connectivity index (χ1v) is 8.33. The van der Waals surface area contributed by atoms with E-state index in [0.29, 0.717) is 24.7 Å². The molecule has 4 rings (SSSR count). The molecule has 0 radical (unpaired) electrons. The zero-order chi connectivity index (χ0) is 15.8. The standard InChI is InChI=1S/C16H21N5O2/c1-11-9-17-20(10-11)8-6-14(22)21-7-2-3-13(21)15-18-16(23-19-15)12-4-5-12/h9-10,12-13H,2-8H2,1H3/t13-/m0/s1. The van der Waals surface area contributed by atoms with Gasteiger partial charge in [0, 0.05) is 31.6 Å². The van der Waals surface area contributed by atoms with E-state index in [9.17, 15) is 4.79 Å². The molecule has 2 aromatic rings. The van der Waals surface area contributed by atoms with Crippen LogP contribution in [-0.2, 0) is 11.3 Å². The zero-order valence-electron chi connectivity index (χ0n) is 13.3. The van der Waals surface area contributed by atoms with Crippen LogP contribution in [0.4, 0.5) is 0 Å². The smallest absolute Gasteiger partial charge is 0.229 e. The van der Waals surface area contributed by atoms with Gasteiger partial charge in [-0.15, -0.1) is 0 Å². The number of likely N-dealkylation sites (tertiary alicyclic amines) is 1.